The normalized spacial score (nSPS) is 17.3. The number of likely N-dealkylation sites (tertiary alicyclic amines) is 1. The van der Waals surface area contributed by atoms with Gasteiger partial charge in [-0.15, -0.1) is 10.2 Å². The van der Waals surface area contributed by atoms with Crippen LogP contribution in [0.1, 0.15) is 59.9 Å². The minimum absolute atomic E-state index is 0.0564. The van der Waals surface area contributed by atoms with Crippen molar-refractivity contribution in [1.29, 1.82) is 0 Å². The van der Waals surface area contributed by atoms with E-state index in [1.165, 1.54) is 11.3 Å². The first kappa shape index (κ1) is 20.3. The second-order valence-electron chi connectivity index (χ2n) is 8.23. The molecular weight excluding hydrogens is 374 g/mol. The first-order chi connectivity index (χ1) is 13.2. The topological polar surface area (TPSA) is 87.2 Å². The largest absolute Gasteiger partial charge is 0.333 e. The van der Waals surface area contributed by atoms with Crippen molar-refractivity contribution in [1.82, 2.24) is 20.4 Å². The summed E-state index contributed by atoms with van der Waals surface area (Å²) in [5, 5.41) is 15.3. The predicted octanol–water partition coefficient (Wildman–Crippen LogP) is 3.79. The van der Waals surface area contributed by atoms with E-state index in [0.717, 1.165) is 35.6 Å². The van der Waals surface area contributed by atoms with Crippen LogP contribution in [-0.4, -0.2) is 45.7 Å². The van der Waals surface area contributed by atoms with Crippen molar-refractivity contribution in [3.63, 3.8) is 0 Å². The Balaban J connectivity index is 1.63. The molecule has 28 heavy (non-hydrogen) atoms. The van der Waals surface area contributed by atoms with Gasteiger partial charge in [0.25, 0.3) is 5.91 Å². The Bertz CT molecular complexity index is 841. The van der Waals surface area contributed by atoms with Gasteiger partial charge in [-0.2, -0.15) is 0 Å². The third kappa shape index (κ3) is 5.28. The fraction of sp³-hybridized carbons (Fsp3) is 0.500. The van der Waals surface area contributed by atoms with E-state index in [2.05, 4.69) is 20.8 Å². The highest BCUT2D eigenvalue weighted by Gasteiger charge is 2.29. The molecule has 0 saturated carbocycles. The molecular formula is C20H27N5O2S. The van der Waals surface area contributed by atoms with Crippen LogP contribution in [0.25, 0.3) is 0 Å². The molecule has 0 aliphatic carbocycles. The third-order valence-electron chi connectivity index (χ3n) is 4.48. The summed E-state index contributed by atoms with van der Waals surface area (Å²) in [7, 11) is 0. The van der Waals surface area contributed by atoms with Gasteiger partial charge in [-0.3, -0.25) is 4.79 Å². The summed E-state index contributed by atoms with van der Waals surface area (Å²) >= 11 is 1.30. The molecule has 1 aromatic carbocycles. The Kier molecular flexibility index (Phi) is 5.98. The van der Waals surface area contributed by atoms with Crippen LogP contribution < -0.4 is 10.6 Å². The molecule has 1 aliphatic heterocycles. The lowest BCUT2D eigenvalue weighted by Gasteiger charge is -2.34. The lowest BCUT2D eigenvalue weighted by Crippen LogP contribution is -2.51. The second kappa shape index (κ2) is 8.26. The van der Waals surface area contributed by atoms with Gasteiger partial charge in [-0.25, -0.2) is 4.79 Å². The molecule has 1 saturated heterocycles. The maximum absolute atomic E-state index is 12.4. The lowest BCUT2D eigenvalue weighted by molar-refractivity contribution is 0.102. The van der Waals surface area contributed by atoms with Crippen molar-refractivity contribution < 1.29 is 9.59 Å². The molecule has 0 radical (unpaired) electrons. The zero-order chi connectivity index (χ0) is 20.3. The van der Waals surface area contributed by atoms with Crippen molar-refractivity contribution in [3.8, 4) is 0 Å². The molecule has 1 atom stereocenters. The zero-order valence-corrected chi connectivity index (χ0v) is 17.6. The van der Waals surface area contributed by atoms with E-state index in [0.29, 0.717) is 11.6 Å². The number of urea groups is 1. The molecule has 2 heterocycles. The van der Waals surface area contributed by atoms with Crippen molar-refractivity contribution >= 4 is 29.0 Å². The number of amides is 3. The fourth-order valence-corrected chi connectivity index (χ4v) is 3.94. The third-order valence-corrected chi connectivity index (χ3v) is 5.57. The van der Waals surface area contributed by atoms with Crippen LogP contribution in [0.4, 0.5) is 10.5 Å². The van der Waals surface area contributed by atoms with E-state index in [1.807, 2.05) is 56.9 Å². The number of aryl methyl sites for hydroxylation is 1. The number of carbonyl (C=O) groups excluding carboxylic acids is 2. The lowest BCUT2D eigenvalue weighted by atomic mass is 9.99. The quantitative estimate of drug-likeness (QED) is 0.819. The number of rotatable bonds is 3. The summed E-state index contributed by atoms with van der Waals surface area (Å²) in [5.74, 6) is -0.149. The molecule has 3 rings (SSSR count). The zero-order valence-electron chi connectivity index (χ0n) is 16.8. The highest BCUT2D eigenvalue weighted by Crippen LogP contribution is 2.29. The Morgan fingerprint density at radius 1 is 1.18 bits per heavy atom. The Morgan fingerprint density at radius 3 is 2.57 bits per heavy atom. The fourth-order valence-electron chi connectivity index (χ4n) is 3.08. The van der Waals surface area contributed by atoms with Crippen LogP contribution >= 0.6 is 11.3 Å². The van der Waals surface area contributed by atoms with E-state index >= 15 is 0 Å². The van der Waals surface area contributed by atoms with Crippen LogP contribution in [0.5, 0.6) is 0 Å². The summed E-state index contributed by atoms with van der Waals surface area (Å²) in [6.45, 7) is 9.23. The number of aromatic nitrogens is 2. The van der Waals surface area contributed by atoms with Gasteiger partial charge >= 0.3 is 6.03 Å². The number of hydrogen-bond donors (Lipinski definition) is 2. The first-order valence-corrected chi connectivity index (χ1v) is 10.3. The van der Waals surface area contributed by atoms with Gasteiger partial charge in [0, 0.05) is 30.2 Å². The number of carbonyl (C=O) groups is 2. The van der Waals surface area contributed by atoms with E-state index in [-0.39, 0.29) is 23.4 Å². The molecule has 150 valence electrons. The summed E-state index contributed by atoms with van der Waals surface area (Å²) in [5.41, 5.74) is 1.59. The molecule has 0 unspecified atom stereocenters. The van der Waals surface area contributed by atoms with Gasteiger partial charge in [0.05, 0.1) is 0 Å². The molecule has 8 heteroatoms. The summed E-state index contributed by atoms with van der Waals surface area (Å²) < 4.78 is 0. The maximum atomic E-state index is 12.4. The molecule has 2 aromatic rings. The first-order valence-electron chi connectivity index (χ1n) is 9.50. The summed E-state index contributed by atoms with van der Waals surface area (Å²) in [6, 6.07) is 7.56. The molecule has 1 aromatic heterocycles. The van der Waals surface area contributed by atoms with Crippen LogP contribution in [0.15, 0.2) is 24.3 Å². The van der Waals surface area contributed by atoms with Gasteiger partial charge in [0.2, 0.25) is 5.01 Å². The van der Waals surface area contributed by atoms with Gasteiger partial charge in [-0.05, 0) is 52.7 Å². The van der Waals surface area contributed by atoms with Crippen LogP contribution in [0.3, 0.4) is 0 Å². The van der Waals surface area contributed by atoms with Gasteiger partial charge in [0.1, 0.15) is 5.01 Å². The minimum Gasteiger partial charge on any atom is -0.333 e. The maximum Gasteiger partial charge on any atom is 0.317 e. The molecule has 0 bridgehead atoms. The standard InChI is InChI=1S/C20H27N5O2S/c1-13-7-9-15(10-8-13)21-16(26)18-24-23-17(28-18)14-6-5-11-25(12-14)19(27)22-20(2,3)4/h7-10,14H,5-6,11-12H2,1-4H3,(H,21,26)(H,22,27)/t14-/m1/s1. The van der Waals surface area contributed by atoms with E-state index in [4.69, 9.17) is 0 Å². The highest BCUT2D eigenvalue weighted by molar-refractivity contribution is 7.13. The molecule has 1 fully saturated rings. The number of hydrogen-bond acceptors (Lipinski definition) is 5. The summed E-state index contributed by atoms with van der Waals surface area (Å²) in [4.78, 5) is 26.7. The van der Waals surface area contributed by atoms with Crippen LogP contribution in [0.2, 0.25) is 0 Å². The smallest absolute Gasteiger partial charge is 0.317 e. The van der Waals surface area contributed by atoms with E-state index < -0.39 is 0 Å². The number of nitrogens with one attached hydrogen (secondary N) is 2. The molecule has 7 nitrogen and oxygen atoms in total. The second-order valence-corrected chi connectivity index (χ2v) is 9.24. The monoisotopic (exact) mass is 401 g/mol. The van der Waals surface area contributed by atoms with Crippen LogP contribution in [0, 0.1) is 6.92 Å². The Morgan fingerprint density at radius 2 is 1.89 bits per heavy atom. The number of nitrogens with zero attached hydrogens (tertiary/aromatic N) is 3. The van der Waals surface area contributed by atoms with Crippen molar-refractivity contribution in [2.45, 2.75) is 52.0 Å². The van der Waals surface area contributed by atoms with Crippen molar-refractivity contribution in [2.75, 3.05) is 18.4 Å². The number of anilines is 1. The number of piperidine rings is 1. The van der Waals surface area contributed by atoms with Gasteiger partial charge < -0.3 is 15.5 Å². The van der Waals surface area contributed by atoms with Crippen LogP contribution in [-0.2, 0) is 0 Å². The molecule has 0 spiro atoms. The predicted molar refractivity (Wildman–Crippen MR) is 111 cm³/mol. The average molecular weight is 402 g/mol. The number of benzene rings is 1. The van der Waals surface area contributed by atoms with Gasteiger partial charge in [-0.1, -0.05) is 29.0 Å². The summed E-state index contributed by atoms with van der Waals surface area (Å²) in [6.07, 6.45) is 1.85. The molecule has 3 amide bonds. The SMILES string of the molecule is Cc1ccc(NC(=O)c2nnc([C@@H]3CCCN(C(=O)NC(C)(C)C)C3)s2)cc1. The van der Waals surface area contributed by atoms with E-state index in [9.17, 15) is 9.59 Å². The average Bonchev–Trinajstić information content (AvgIpc) is 3.13. The Labute approximate surface area is 169 Å². The highest BCUT2D eigenvalue weighted by atomic mass is 32.1. The van der Waals surface area contributed by atoms with E-state index in [1.54, 1.807) is 0 Å². The minimum atomic E-state index is -0.270. The molecule has 2 N–H and O–H groups in total. The Hall–Kier alpha value is -2.48. The molecule has 1 aliphatic rings. The van der Waals surface area contributed by atoms with Crippen molar-refractivity contribution in [2.24, 2.45) is 0 Å². The van der Waals surface area contributed by atoms with Gasteiger partial charge in [0.15, 0.2) is 0 Å². The van der Waals surface area contributed by atoms with Crippen molar-refractivity contribution in [3.05, 3.63) is 39.8 Å².